The Morgan fingerprint density at radius 1 is 1.05 bits per heavy atom. The largest absolute Gasteiger partial charge is 0.309 e. The van der Waals surface area contributed by atoms with Gasteiger partial charge in [0.2, 0.25) is 0 Å². The summed E-state index contributed by atoms with van der Waals surface area (Å²) >= 11 is 0. The standard InChI is InChI=1S/C19H34N2/c1-7-9-11-21(6)14-18(20-10-8-2)19-16(4)12-15(3)13-17(19)5/h12-13,18,20H,7-11,14H2,1-6H3. The van der Waals surface area contributed by atoms with Gasteiger partial charge < -0.3 is 10.2 Å². The van der Waals surface area contributed by atoms with E-state index < -0.39 is 0 Å². The molecule has 0 radical (unpaired) electrons. The van der Waals surface area contributed by atoms with Crippen LogP contribution in [0.15, 0.2) is 12.1 Å². The van der Waals surface area contributed by atoms with Crippen LogP contribution < -0.4 is 5.32 Å². The maximum atomic E-state index is 3.75. The number of hydrogen-bond acceptors (Lipinski definition) is 2. The third-order valence-corrected chi connectivity index (χ3v) is 4.11. The van der Waals surface area contributed by atoms with Crippen LogP contribution in [0.3, 0.4) is 0 Å². The third-order valence-electron chi connectivity index (χ3n) is 4.11. The second-order valence-electron chi connectivity index (χ2n) is 6.43. The van der Waals surface area contributed by atoms with E-state index in [-0.39, 0.29) is 0 Å². The van der Waals surface area contributed by atoms with Crippen molar-refractivity contribution in [1.82, 2.24) is 10.2 Å². The van der Waals surface area contributed by atoms with Crippen molar-refractivity contribution in [3.8, 4) is 0 Å². The van der Waals surface area contributed by atoms with Gasteiger partial charge in [0.15, 0.2) is 0 Å². The maximum Gasteiger partial charge on any atom is 0.0454 e. The molecule has 1 aromatic carbocycles. The molecule has 0 aliphatic carbocycles. The van der Waals surface area contributed by atoms with E-state index in [2.05, 4.69) is 64.0 Å². The highest BCUT2D eigenvalue weighted by Crippen LogP contribution is 2.24. The normalized spacial score (nSPS) is 12.9. The average molecular weight is 290 g/mol. The zero-order valence-corrected chi connectivity index (χ0v) is 14.9. The molecular weight excluding hydrogens is 256 g/mol. The summed E-state index contributed by atoms with van der Waals surface area (Å²) < 4.78 is 0. The molecule has 1 unspecified atom stereocenters. The minimum Gasteiger partial charge on any atom is -0.309 e. The lowest BCUT2D eigenvalue weighted by atomic mass is 9.93. The molecule has 1 rings (SSSR count). The number of nitrogens with zero attached hydrogens (tertiary/aromatic N) is 1. The summed E-state index contributed by atoms with van der Waals surface area (Å²) in [4.78, 5) is 2.47. The summed E-state index contributed by atoms with van der Waals surface area (Å²) in [7, 11) is 2.25. The summed E-state index contributed by atoms with van der Waals surface area (Å²) in [6.45, 7) is 14.5. The van der Waals surface area contributed by atoms with Crippen LogP contribution in [0.2, 0.25) is 0 Å². The second kappa shape index (κ2) is 9.22. The number of hydrogen-bond donors (Lipinski definition) is 1. The molecule has 1 N–H and O–H groups in total. The zero-order valence-electron chi connectivity index (χ0n) is 14.9. The highest BCUT2D eigenvalue weighted by atomic mass is 15.1. The smallest absolute Gasteiger partial charge is 0.0454 e. The van der Waals surface area contributed by atoms with Crippen molar-refractivity contribution in [1.29, 1.82) is 0 Å². The van der Waals surface area contributed by atoms with Crippen molar-refractivity contribution in [2.75, 3.05) is 26.7 Å². The number of nitrogens with one attached hydrogen (secondary N) is 1. The molecule has 120 valence electrons. The molecule has 0 aromatic heterocycles. The van der Waals surface area contributed by atoms with Gasteiger partial charge in [0.05, 0.1) is 0 Å². The van der Waals surface area contributed by atoms with E-state index in [4.69, 9.17) is 0 Å². The highest BCUT2D eigenvalue weighted by Gasteiger charge is 2.17. The SMILES string of the molecule is CCCCN(C)CC(NCCC)c1c(C)cc(C)cc1C. The van der Waals surface area contributed by atoms with Gasteiger partial charge in [-0.1, -0.05) is 38.0 Å². The van der Waals surface area contributed by atoms with Gasteiger partial charge in [-0.15, -0.1) is 0 Å². The van der Waals surface area contributed by atoms with Crippen LogP contribution >= 0.6 is 0 Å². The Bertz CT molecular complexity index is 403. The molecule has 0 fully saturated rings. The number of benzene rings is 1. The fourth-order valence-corrected chi connectivity index (χ4v) is 3.15. The highest BCUT2D eigenvalue weighted by molar-refractivity contribution is 5.39. The summed E-state index contributed by atoms with van der Waals surface area (Å²) in [6, 6.07) is 5.07. The molecule has 21 heavy (non-hydrogen) atoms. The van der Waals surface area contributed by atoms with Gasteiger partial charge in [-0.05, 0) is 70.4 Å². The van der Waals surface area contributed by atoms with E-state index in [1.54, 1.807) is 0 Å². The van der Waals surface area contributed by atoms with Gasteiger partial charge in [-0.25, -0.2) is 0 Å². The minimum atomic E-state index is 0.437. The van der Waals surface area contributed by atoms with E-state index in [9.17, 15) is 0 Å². The lowest BCUT2D eigenvalue weighted by molar-refractivity contribution is 0.285. The van der Waals surface area contributed by atoms with Gasteiger partial charge in [0.25, 0.3) is 0 Å². The maximum absolute atomic E-state index is 3.75. The minimum absolute atomic E-state index is 0.437. The molecule has 0 aliphatic heterocycles. The summed E-state index contributed by atoms with van der Waals surface area (Å²) in [6.07, 6.45) is 3.72. The zero-order chi connectivity index (χ0) is 15.8. The van der Waals surface area contributed by atoms with Crippen LogP contribution in [0.25, 0.3) is 0 Å². The van der Waals surface area contributed by atoms with Gasteiger partial charge in [-0.2, -0.15) is 0 Å². The number of unbranched alkanes of at least 4 members (excludes halogenated alkanes) is 1. The molecule has 0 saturated heterocycles. The summed E-state index contributed by atoms with van der Waals surface area (Å²) in [5.74, 6) is 0. The van der Waals surface area contributed by atoms with Crippen molar-refractivity contribution >= 4 is 0 Å². The lowest BCUT2D eigenvalue weighted by Crippen LogP contribution is -2.35. The molecule has 0 saturated carbocycles. The van der Waals surface area contributed by atoms with Gasteiger partial charge >= 0.3 is 0 Å². The Morgan fingerprint density at radius 2 is 1.67 bits per heavy atom. The van der Waals surface area contributed by atoms with Crippen LogP contribution in [0, 0.1) is 20.8 Å². The molecule has 0 aliphatic rings. The first-order chi connectivity index (χ1) is 9.99. The topological polar surface area (TPSA) is 15.3 Å². The monoisotopic (exact) mass is 290 g/mol. The molecule has 2 nitrogen and oxygen atoms in total. The first kappa shape index (κ1) is 18.2. The molecule has 1 aromatic rings. The van der Waals surface area contributed by atoms with E-state index in [0.29, 0.717) is 6.04 Å². The molecule has 0 bridgehead atoms. The molecule has 1 atom stereocenters. The van der Waals surface area contributed by atoms with Gasteiger partial charge in [0, 0.05) is 12.6 Å². The molecular formula is C19H34N2. The fourth-order valence-electron chi connectivity index (χ4n) is 3.15. The van der Waals surface area contributed by atoms with Crippen LogP contribution in [-0.2, 0) is 0 Å². The predicted molar refractivity (Wildman–Crippen MR) is 94.1 cm³/mol. The van der Waals surface area contributed by atoms with Crippen molar-refractivity contribution in [2.24, 2.45) is 0 Å². The lowest BCUT2D eigenvalue weighted by Gasteiger charge is -2.28. The first-order valence-corrected chi connectivity index (χ1v) is 8.49. The predicted octanol–water partition coefficient (Wildman–Crippen LogP) is 4.38. The summed E-state index contributed by atoms with van der Waals surface area (Å²) in [5, 5.41) is 3.75. The van der Waals surface area contributed by atoms with Crippen molar-refractivity contribution in [2.45, 2.75) is 59.9 Å². The third kappa shape index (κ3) is 5.80. The molecule has 2 heteroatoms. The Hall–Kier alpha value is -0.860. The second-order valence-corrected chi connectivity index (χ2v) is 6.43. The number of likely N-dealkylation sites (N-methyl/N-ethyl adjacent to an activating group) is 1. The van der Waals surface area contributed by atoms with Crippen molar-refractivity contribution in [3.63, 3.8) is 0 Å². The van der Waals surface area contributed by atoms with Crippen molar-refractivity contribution in [3.05, 3.63) is 34.4 Å². The van der Waals surface area contributed by atoms with Gasteiger partial charge in [0.1, 0.15) is 0 Å². The molecule has 0 spiro atoms. The number of aryl methyl sites for hydroxylation is 3. The van der Waals surface area contributed by atoms with Crippen molar-refractivity contribution < 1.29 is 0 Å². The fraction of sp³-hybridized carbons (Fsp3) is 0.684. The summed E-state index contributed by atoms with van der Waals surface area (Å²) in [5.41, 5.74) is 5.70. The quantitative estimate of drug-likeness (QED) is 0.726. The van der Waals surface area contributed by atoms with Crippen LogP contribution in [0.4, 0.5) is 0 Å². The first-order valence-electron chi connectivity index (χ1n) is 8.49. The Morgan fingerprint density at radius 3 is 2.19 bits per heavy atom. The van der Waals surface area contributed by atoms with E-state index in [1.165, 1.54) is 48.1 Å². The van der Waals surface area contributed by atoms with Crippen LogP contribution in [0.5, 0.6) is 0 Å². The van der Waals surface area contributed by atoms with E-state index >= 15 is 0 Å². The Labute approximate surface area is 131 Å². The average Bonchev–Trinajstić information content (AvgIpc) is 2.41. The van der Waals surface area contributed by atoms with Crippen LogP contribution in [-0.4, -0.2) is 31.6 Å². The molecule has 0 heterocycles. The Kier molecular flexibility index (Phi) is 7.98. The van der Waals surface area contributed by atoms with E-state index in [1.807, 2.05) is 0 Å². The van der Waals surface area contributed by atoms with E-state index in [0.717, 1.165) is 13.1 Å². The number of rotatable bonds is 9. The Balaban J connectivity index is 2.91. The van der Waals surface area contributed by atoms with Crippen LogP contribution in [0.1, 0.15) is 61.4 Å². The van der Waals surface area contributed by atoms with Gasteiger partial charge in [-0.3, -0.25) is 0 Å². The molecule has 0 amide bonds.